The van der Waals surface area contributed by atoms with Gasteiger partial charge in [-0.1, -0.05) is 18.2 Å². The second-order valence-corrected chi connectivity index (χ2v) is 11.0. The lowest BCUT2D eigenvalue weighted by Crippen LogP contribution is -2.36. The molecule has 0 spiro atoms. The Labute approximate surface area is 261 Å². The van der Waals surface area contributed by atoms with Gasteiger partial charge in [0.25, 0.3) is 11.1 Å². The molecule has 14 heteroatoms. The van der Waals surface area contributed by atoms with Crippen molar-refractivity contribution in [3.8, 4) is 23.3 Å². The summed E-state index contributed by atoms with van der Waals surface area (Å²) in [6.07, 6.45) is -3.20. The maximum atomic E-state index is 13.1. The lowest BCUT2D eigenvalue weighted by Gasteiger charge is -2.16. The molecule has 0 unspecified atom stereocenters. The molecule has 4 rings (SSSR count). The minimum absolute atomic E-state index is 0.0272. The molecule has 0 radical (unpaired) electrons. The molecule has 1 saturated heterocycles. The van der Waals surface area contributed by atoms with E-state index in [1.807, 2.05) is 22.6 Å². The number of imide groups is 1. The number of methoxy groups -OCH3 is 2. The van der Waals surface area contributed by atoms with E-state index in [-0.39, 0.29) is 22.9 Å². The number of anilines is 1. The first-order chi connectivity index (χ1) is 20.4. The Kier molecular flexibility index (Phi) is 9.87. The zero-order chi connectivity index (χ0) is 31.3. The molecular formula is C29H21F3IN3O6S. The van der Waals surface area contributed by atoms with Crippen LogP contribution in [-0.2, 0) is 22.4 Å². The van der Waals surface area contributed by atoms with Crippen molar-refractivity contribution in [3.63, 3.8) is 0 Å². The number of thioether (sulfide) groups is 1. The third-order valence-electron chi connectivity index (χ3n) is 6.04. The Morgan fingerprint density at radius 2 is 1.81 bits per heavy atom. The molecule has 0 bridgehead atoms. The van der Waals surface area contributed by atoms with Gasteiger partial charge in [0.1, 0.15) is 18.9 Å². The molecule has 0 aliphatic carbocycles. The topological polar surface area (TPSA) is 118 Å². The minimum Gasteiger partial charge on any atom is -0.495 e. The van der Waals surface area contributed by atoms with Crippen molar-refractivity contribution in [2.24, 2.45) is 0 Å². The van der Waals surface area contributed by atoms with Crippen LogP contribution in [0.15, 0.2) is 59.5 Å². The molecule has 43 heavy (non-hydrogen) atoms. The van der Waals surface area contributed by atoms with Crippen LogP contribution in [0.2, 0.25) is 0 Å². The first-order valence-electron chi connectivity index (χ1n) is 12.2. The second kappa shape index (κ2) is 13.4. The van der Waals surface area contributed by atoms with Crippen molar-refractivity contribution in [1.82, 2.24) is 4.90 Å². The fraction of sp³-hybridized carbons (Fsp3) is 0.172. The van der Waals surface area contributed by atoms with Crippen molar-refractivity contribution in [2.75, 3.05) is 26.1 Å². The third-order valence-corrected chi connectivity index (χ3v) is 7.74. The molecule has 3 amide bonds. The number of hydrogen-bond acceptors (Lipinski definition) is 8. The van der Waals surface area contributed by atoms with Gasteiger partial charge < -0.3 is 19.5 Å². The van der Waals surface area contributed by atoms with E-state index in [2.05, 4.69) is 11.4 Å². The van der Waals surface area contributed by atoms with Crippen LogP contribution in [0, 0.1) is 14.9 Å². The predicted octanol–water partition coefficient (Wildman–Crippen LogP) is 6.45. The first kappa shape index (κ1) is 31.7. The summed E-state index contributed by atoms with van der Waals surface area (Å²) in [5.41, 5.74) is 0.411. The number of nitriles is 1. The van der Waals surface area contributed by atoms with E-state index >= 15 is 0 Å². The summed E-state index contributed by atoms with van der Waals surface area (Å²) >= 11 is 2.65. The lowest BCUT2D eigenvalue weighted by atomic mass is 10.1. The van der Waals surface area contributed by atoms with Gasteiger partial charge in [-0.25, -0.2) is 0 Å². The molecule has 3 aromatic rings. The predicted molar refractivity (Wildman–Crippen MR) is 161 cm³/mol. The number of alkyl halides is 3. The van der Waals surface area contributed by atoms with Gasteiger partial charge in [0.15, 0.2) is 11.5 Å². The van der Waals surface area contributed by atoms with Gasteiger partial charge in [-0.2, -0.15) is 18.4 Å². The standard InChI is InChI=1S/C29H21F3IN3O6S/c1-40-22-8-7-19(29(30,31)32)12-21(22)35-25(37)14-36-27(38)24(43-28(36)39)11-16-9-20(33)26(23(10-16)41-2)42-15-18-6-4-3-5-17(18)13-34/h3-12H,14-15H2,1-2H3,(H,35,37)/b24-11-. The molecule has 0 saturated carbocycles. The number of nitrogens with one attached hydrogen (secondary N) is 1. The molecule has 1 N–H and O–H groups in total. The number of rotatable bonds is 9. The zero-order valence-corrected chi connectivity index (χ0v) is 25.4. The highest BCUT2D eigenvalue weighted by atomic mass is 127. The third kappa shape index (κ3) is 7.41. The quantitative estimate of drug-likeness (QED) is 0.198. The van der Waals surface area contributed by atoms with Crippen molar-refractivity contribution < 1.29 is 41.8 Å². The van der Waals surface area contributed by atoms with E-state index in [1.165, 1.54) is 20.3 Å². The van der Waals surface area contributed by atoms with Gasteiger partial charge in [-0.3, -0.25) is 19.3 Å². The van der Waals surface area contributed by atoms with Crippen LogP contribution in [0.4, 0.5) is 23.7 Å². The Morgan fingerprint density at radius 3 is 2.49 bits per heavy atom. The van der Waals surface area contributed by atoms with Gasteiger partial charge >= 0.3 is 6.18 Å². The number of carbonyl (C=O) groups is 3. The minimum atomic E-state index is -4.66. The average Bonchev–Trinajstić information content (AvgIpc) is 3.22. The van der Waals surface area contributed by atoms with E-state index in [0.717, 1.165) is 12.1 Å². The molecular weight excluding hydrogens is 702 g/mol. The lowest BCUT2D eigenvalue weighted by molar-refractivity contribution is -0.137. The molecule has 1 aliphatic heterocycles. The summed E-state index contributed by atoms with van der Waals surface area (Å²) < 4.78 is 56.5. The van der Waals surface area contributed by atoms with Gasteiger partial charge in [0.2, 0.25) is 5.91 Å². The Morgan fingerprint density at radius 1 is 1.09 bits per heavy atom. The number of nitrogens with zero attached hydrogens (tertiary/aromatic N) is 2. The van der Waals surface area contributed by atoms with E-state index < -0.39 is 35.3 Å². The average molecular weight is 723 g/mol. The van der Waals surface area contributed by atoms with Crippen LogP contribution in [0.1, 0.15) is 22.3 Å². The van der Waals surface area contributed by atoms with Crippen LogP contribution in [0.3, 0.4) is 0 Å². The zero-order valence-electron chi connectivity index (χ0n) is 22.5. The molecule has 1 heterocycles. The Balaban J connectivity index is 1.49. The summed E-state index contributed by atoms with van der Waals surface area (Å²) in [5, 5.41) is 10.9. The van der Waals surface area contributed by atoms with Crippen molar-refractivity contribution >= 4 is 63.2 Å². The Hall–Kier alpha value is -4.23. The summed E-state index contributed by atoms with van der Waals surface area (Å²) in [4.78, 5) is 39.0. The number of benzene rings is 3. The van der Waals surface area contributed by atoms with E-state index in [9.17, 15) is 32.8 Å². The summed E-state index contributed by atoms with van der Waals surface area (Å²) in [5.74, 6) is -0.898. The number of ether oxygens (including phenoxy) is 3. The van der Waals surface area contributed by atoms with Crippen molar-refractivity contribution in [2.45, 2.75) is 12.8 Å². The van der Waals surface area contributed by atoms with Crippen LogP contribution >= 0.6 is 34.4 Å². The van der Waals surface area contributed by atoms with Gasteiger partial charge in [0, 0.05) is 5.56 Å². The highest BCUT2D eigenvalue weighted by Gasteiger charge is 2.37. The number of amides is 3. The van der Waals surface area contributed by atoms with Gasteiger partial charge in [0.05, 0.1) is 45.6 Å². The second-order valence-electron chi connectivity index (χ2n) is 8.82. The van der Waals surface area contributed by atoms with Crippen molar-refractivity contribution in [3.05, 3.63) is 85.3 Å². The fourth-order valence-corrected chi connectivity index (χ4v) is 5.59. The maximum absolute atomic E-state index is 13.1. The molecule has 1 aliphatic rings. The fourth-order valence-electron chi connectivity index (χ4n) is 3.97. The SMILES string of the molecule is COc1ccc(C(F)(F)F)cc1NC(=O)CN1C(=O)S/C(=C\c2cc(I)c(OCc3ccccc3C#N)c(OC)c2)C1=O. The molecule has 222 valence electrons. The summed E-state index contributed by atoms with van der Waals surface area (Å²) in [7, 11) is 2.67. The maximum Gasteiger partial charge on any atom is 0.416 e. The largest absolute Gasteiger partial charge is 0.495 e. The highest BCUT2D eigenvalue weighted by Crippen LogP contribution is 2.38. The Bertz CT molecular complexity index is 1670. The smallest absolute Gasteiger partial charge is 0.416 e. The summed E-state index contributed by atoms with van der Waals surface area (Å²) in [6.45, 7) is -0.609. The molecule has 3 aromatic carbocycles. The molecule has 0 atom stereocenters. The highest BCUT2D eigenvalue weighted by molar-refractivity contribution is 14.1. The summed E-state index contributed by atoms with van der Waals surface area (Å²) in [6, 6.07) is 15.0. The van der Waals surface area contributed by atoms with Crippen molar-refractivity contribution in [1.29, 1.82) is 5.26 Å². The number of carbonyl (C=O) groups excluding carboxylic acids is 3. The van der Waals surface area contributed by atoms with Crippen LogP contribution in [-0.4, -0.2) is 42.7 Å². The normalized spacial score (nSPS) is 14.1. The van der Waals surface area contributed by atoms with Gasteiger partial charge in [-0.05, 0) is 82.4 Å². The van der Waals surface area contributed by atoms with Crippen LogP contribution in [0.25, 0.3) is 6.08 Å². The monoisotopic (exact) mass is 723 g/mol. The van der Waals surface area contributed by atoms with E-state index in [0.29, 0.717) is 54.5 Å². The first-order valence-corrected chi connectivity index (χ1v) is 14.1. The molecule has 1 fully saturated rings. The van der Waals surface area contributed by atoms with Crippen LogP contribution in [0.5, 0.6) is 17.2 Å². The van der Waals surface area contributed by atoms with Crippen LogP contribution < -0.4 is 19.5 Å². The molecule has 9 nitrogen and oxygen atoms in total. The van der Waals surface area contributed by atoms with E-state index in [1.54, 1.807) is 36.4 Å². The molecule has 0 aromatic heterocycles. The number of halogens is 4. The van der Waals surface area contributed by atoms with Gasteiger partial charge in [-0.15, -0.1) is 0 Å². The number of hydrogen-bond donors (Lipinski definition) is 1. The van der Waals surface area contributed by atoms with E-state index in [4.69, 9.17) is 14.2 Å².